The third-order valence-corrected chi connectivity index (χ3v) is 5.55. The Labute approximate surface area is 182 Å². The van der Waals surface area contributed by atoms with Gasteiger partial charge in [-0.2, -0.15) is 0 Å². The van der Waals surface area contributed by atoms with E-state index in [1.807, 2.05) is 48.5 Å². The van der Waals surface area contributed by atoms with Gasteiger partial charge in [0.25, 0.3) is 0 Å². The average Bonchev–Trinajstić information content (AvgIpc) is 3.25. The van der Waals surface area contributed by atoms with Gasteiger partial charge in [-0.15, -0.1) is 0 Å². The number of rotatable bonds is 8. The zero-order chi connectivity index (χ0) is 20.8. The van der Waals surface area contributed by atoms with Crippen LogP contribution in [0.5, 0.6) is 11.5 Å². The summed E-state index contributed by atoms with van der Waals surface area (Å²) in [4.78, 5) is 9.46. The number of hydrogen-bond donors (Lipinski definition) is 0. The molecule has 4 rings (SSSR count). The monoisotopic (exact) mass is 427 g/mol. The third-order valence-electron chi connectivity index (χ3n) is 5.24. The van der Waals surface area contributed by atoms with Crippen molar-refractivity contribution in [1.29, 1.82) is 0 Å². The Balaban J connectivity index is 1.21. The summed E-state index contributed by atoms with van der Waals surface area (Å²) in [5.41, 5.74) is 1.90. The number of methoxy groups -OCH3 is 1. The smallest absolute Gasteiger partial charge is 0.226 e. The number of benzene rings is 2. The number of aromatic nitrogens is 1. The van der Waals surface area contributed by atoms with Gasteiger partial charge in [0.1, 0.15) is 24.4 Å². The van der Waals surface area contributed by atoms with Gasteiger partial charge in [-0.3, -0.25) is 9.80 Å². The van der Waals surface area contributed by atoms with Crippen LogP contribution in [-0.4, -0.2) is 61.2 Å². The van der Waals surface area contributed by atoms with Crippen LogP contribution in [0, 0.1) is 0 Å². The Kier molecular flexibility index (Phi) is 6.89. The lowest BCUT2D eigenvalue weighted by Crippen LogP contribution is -2.47. The second kappa shape index (κ2) is 9.98. The molecule has 1 aliphatic rings. The average molecular weight is 428 g/mol. The van der Waals surface area contributed by atoms with E-state index >= 15 is 0 Å². The molecule has 3 aromatic rings. The standard InChI is InChI=1S/C23H26ClN3O3/c1-28-20-8-6-18(7-9-20)23-25-19(17-30-23)16-27-12-10-26(11-13-27)14-15-29-22-5-3-2-4-21(22)24/h2-9,17H,10-16H2,1H3. The minimum Gasteiger partial charge on any atom is -0.497 e. The molecule has 158 valence electrons. The molecule has 0 aliphatic carbocycles. The summed E-state index contributed by atoms with van der Waals surface area (Å²) in [6.07, 6.45) is 1.75. The molecule has 0 atom stereocenters. The van der Waals surface area contributed by atoms with E-state index in [2.05, 4.69) is 14.8 Å². The van der Waals surface area contributed by atoms with Gasteiger partial charge in [0.2, 0.25) is 5.89 Å². The van der Waals surface area contributed by atoms with E-state index in [9.17, 15) is 0 Å². The molecule has 1 aromatic heterocycles. The molecule has 0 N–H and O–H groups in total. The first-order valence-electron chi connectivity index (χ1n) is 10.1. The molecule has 0 bridgehead atoms. The number of ether oxygens (including phenoxy) is 2. The number of piperazine rings is 1. The van der Waals surface area contributed by atoms with Crippen molar-refractivity contribution in [3.05, 3.63) is 65.5 Å². The fourth-order valence-corrected chi connectivity index (χ4v) is 3.68. The Morgan fingerprint density at radius 1 is 1.00 bits per heavy atom. The zero-order valence-electron chi connectivity index (χ0n) is 17.1. The number of oxazole rings is 1. The van der Waals surface area contributed by atoms with Crippen LogP contribution in [0.3, 0.4) is 0 Å². The maximum atomic E-state index is 6.13. The second-order valence-corrected chi connectivity index (χ2v) is 7.68. The summed E-state index contributed by atoms with van der Waals surface area (Å²) >= 11 is 6.13. The Bertz CT molecular complexity index is 937. The minimum atomic E-state index is 0.637. The summed E-state index contributed by atoms with van der Waals surface area (Å²) in [6.45, 7) is 6.34. The quantitative estimate of drug-likeness (QED) is 0.537. The molecule has 1 saturated heterocycles. The van der Waals surface area contributed by atoms with E-state index < -0.39 is 0 Å². The lowest BCUT2D eigenvalue weighted by molar-refractivity contribution is 0.111. The molecular formula is C23H26ClN3O3. The van der Waals surface area contributed by atoms with Crippen molar-refractivity contribution in [3.63, 3.8) is 0 Å². The highest BCUT2D eigenvalue weighted by Gasteiger charge is 2.18. The largest absolute Gasteiger partial charge is 0.497 e. The SMILES string of the molecule is COc1ccc(-c2nc(CN3CCN(CCOc4ccccc4Cl)CC3)co2)cc1. The first-order chi connectivity index (χ1) is 14.7. The molecule has 0 spiro atoms. The van der Waals surface area contributed by atoms with E-state index in [4.69, 9.17) is 25.5 Å². The molecule has 30 heavy (non-hydrogen) atoms. The number of halogens is 1. The predicted octanol–water partition coefficient (Wildman–Crippen LogP) is 4.20. The van der Waals surface area contributed by atoms with Crippen LogP contribution in [0.1, 0.15) is 5.69 Å². The van der Waals surface area contributed by atoms with E-state index in [0.717, 1.165) is 62.0 Å². The molecule has 0 saturated carbocycles. The van der Waals surface area contributed by atoms with Gasteiger partial charge < -0.3 is 13.9 Å². The van der Waals surface area contributed by atoms with Gasteiger partial charge in [-0.05, 0) is 36.4 Å². The number of hydrogen-bond acceptors (Lipinski definition) is 6. The van der Waals surface area contributed by atoms with Crippen LogP contribution >= 0.6 is 11.6 Å². The molecule has 1 aliphatic heterocycles. The van der Waals surface area contributed by atoms with Crippen molar-refractivity contribution in [3.8, 4) is 23.0 Å². The molecular weight excluding hydrogens is 402 g/mol. The van der Waals surface area contributed by atoms with Gasteiger partial charge in [0.05, 0.1) is 17.8 Å². The lowest BCUT2D eigenvalue weighted by atomic mass is 10.2. The van der Waals surface area contributed by atoms with E-state index in [1.54, 1.807) is 13.4 Å². The molecule has 6 nitrogen and oxygen atoms in total. The molecule has 7 heteroatoms. The summed E-state index contributed by atoms with van der Waals surface area (Å²) in [7, 11) is 1.66. The zero-order valence-corrected chi connectivity index (χ0v) is 17.8. The van der Waals surface area contributed by atoms with Crippen LogP contribution in [0.4, 0.5) is 0 Å². The highest BCUT2D eigenvalue weighted by molar-refractivity contribution is 6.32. The van der Waals surface area contributed by atoms with Crippen molar-refractivity contribution in [2.24, 2.45) is 0 Å². The summed E-state index contributed by atoms with van der Waals surface area (Å²) in [5, 5.41) is 0.656. The Morgan fingerprint density at radius 2 is 1.73 bits per heavy atom. The van der Waals surface area contributed by atoms with Crippen LogP contribution in [0.2, 0.25) is 5.02 Å². The molecule has 1 fully saturated rings. The van der Waals surface area contributed by atoms with E-state index in [1.165, 1.54) is 0 Å². The van der Waals surface area contributed by atoms with Gasteiger partial charge in [0.15, 0.2) is 0 Å². The molecule has 2 aromatic carbocycles. The first-order valence-corrected chi connectivity index (χ1v) is 10.5. The van der Waals surface area contributed by atoms with Crippen molar-refractivity contribution >= 4 is 11.6 Å². The fourth-order valence-electron chi connectivity index (χ4n) is 3.49. The van der Waals surface area contributed by atoms with Gasteiger partial charge in [-0.1, -0.05) is 23.7 Å². The second-order valence-electron chi connectivity index (χ2n) is 7.27. The van der Waals surface area contributed by atoms with Crippen molar-refractivity contribution in [2.75, 3.05) is 46.4 Å². The molecule has 2 heterocycles. The summed E-state index contributed by atoms with van der Waals surface area (Å²) < 4.78 is 16.7. The fraction of sp³-hybridized carbons (Fsp3) is 0.348. The van der Waals surface area contributed by atoms with Crippen molar-refractivity contribution < 1.29 is 13.9 Å². The van der Waals surface area contributed by atoms with Crippen LogP contribution in [-0.2, 0) is 6.54 Å². The lowest BCUT2D eigenvalue weighted by Gasteiger charge is -2.34. The highest BCUT2D eigenvalue weighted by Crippen LogP contribution is 2.24. The summed E-state index contributed by atoms with van der Waals surface area (Å²) in [5.74, 6) is 2.21. The Hall–Kier alpha value is -2.54. The van der Waals surface area contributed by atoms with Crippen LogP contribution < -0.4 is 9.47 Å². The van der Waals surface area contributed by atoms with Gasteiger partial charge in [-0.25, -0.2) is 4.98 Å². The van der Waals surface area contributed by atoms with E-state index in [0.29, 0.717) is 17.5 Å². The third kappa shape index (κ3) is 5.33. The Morgan fingerprint density at radius 3 is 2.47 bits per heavy atom. The highest BCUT2D eigenvalue weighted by atomic mass is 35.5. The predicted molar refractivity (Wildman–Crippen MR) is 117 cm³/mol. The van der Waals surface area contributed by atoms with E-state index in [-0.39, 0.29) is 0 Å². The first kappa shape index (κ1) is 20.7. The van der Waals surface area contributed by atoms with Crippen molar-refractivity contribution in [1.82, 2.24) is 14.8 Å². The minimum absolute atomic E-state index is 0.637. The van der Waals surface area contributed by atoms with Crippen LogP contribution in [0.25, 0.3) is 11.5 Å². The van der Waals surface area contributed by atoms with Gasteiger partial charge >= 0.3 is 0 Å². The maximum Gasteiger partial charge on any atom is 0.226 e. The normalized spacial score (nSPS) is 15.3. The van der Waals surface area contributed by atoms with Gasteiger partial charge in [0, 0.05) is 44.8 Å². The topological polar surface area (TPSA) is 51.0 Å². The summed E-state index contributed by atoms with van der Waals surface area (Å²) in [6, 6.07) is 15.3. The van der Waals surface area contributed by atoms with Crippen LogP contribution in [0.15, 0.2) is 59.2 Å². The molecule has 0 amide bonds. The van der Waals surface area contributed by atoms with Crippen molar-refractivity contribution in [2.45, 2.75) is 6.54 Å². The number of para-hydroxylation sites is 1. The molecule has 0 unspecified atom stereocenters. The molecule has 0 radical (unpaired) electrons. The maximum absolute atomic E-state index is 6.13. The number of nitrogens with zero attached hydrogens (tertiary/aromatic N) is 3.